The van der Waals surface area contributed by atoms with Gasteiger partial charge in [-0.25, -0.2) is 9.78 Å². The Morgan fingerprint density at radius 1 is 1.14 bits per heavy atom. The van der Waals surface area contributed by atoms with Gasteiger partial charge >= 0.3 is 6.09 Å². The van der Waals surface area contributed by atoms with E-state index in [2.05, 4.69) is 27.7 Å². The molecule has 8 heteroatoms. The highest BCUT2D eigenvalue weighted by Gasteiger charge is 2.26. The Morgan fingerprint density at radius 3 is 2.25 bits per heavy atom. The monoisotopic (exact) mass is 390 g/mol. The van der Waals surface area contributed by atoms with Gasteiger partial charge < -0.3 is 24.2 Å². The van der Waals surface area contributed by atoms with Crippen LogP contribution in [-0.2, 0) is 16.6 Å². The lowest BCUT2D eigenvalue weighted by atomic mass is 10.2. The minimum atomic E-state index is -0.833. The number of aryl methyl sites for hydroxylation is 2. The van der Waals surface area contributed by atoms with E-state index in [1.54, 1.807) is 4.90 Å². The topological polar surface area (TPSA) is 87.9 Å². The van der Waals surface area contributed by atoms with Gasteiger partial charge in [0.25, 0.3) is 5.97 Å². The fourth-order valence-corrected chi connectivity index (χ4v) is 3.03. The lowest BCUT2D eigenvalue weighted by Gasteiger charge is -2.36. The van der Waals surface area contributed by atoms with Gasteiger partial charge in [0.15, 0.2) is 0 Å². The summed E-state index contributed by atoms with van der Waals surface area (Å²) < 4.78 is 7.57. The molecule has 1 saturated heterocycles. The van der Waals surface area contributed by atoms with Crippen LogP contribution in [0.2, 0.25) is 0 Å². The summed E-state index contributed by atoms with van der Waals surface area (Å²) in [6.07, 6.45) is -0.228. The van der Waals surface area contributed by atoms with Crippen LogP contribution in [0.25, 0.3) is 11.0 Å². The number of piperazine rings is 1. The molecule has 0 bridgehead atoms. The number of ether oxygens (including phenoxy) is 1. The molecule has 1 aromatic heterocycles. The third-order valence-corrected chi connectivity index (χ3v) is 4.39. The largest absolute Gasteiger partial charge is 0.481 e. The fraction of sp³-hybridized carbons (Fsp3) is 0.550. The highest BCUT2D eigenvalue weighted by Crippen LogP contribution is 2.27. The van der Waals surface area contributed by atoms with E-state index in [0.717, 1.165) is 42.6 Å². The molecule has 0 spiro atoms. The number of imidazole rings is 1. The number of carbonyl (C=O) groups excluding carboxylic acids is 1. The molecule has 1 N–H and O–H groups in total. The van der Waals surface area contributed by atoms with Crippen molar-refractivity contribution in [1.82, 2.24) is 14.5 Å². The predicted molar refractivity (Wildman–Crippen MR) is 109 cm³/mol. The first-order valence-corrected chi connectivity index (χ1v) is 9.34. The number of aromatic nitrogens is 2. The predicted octanol–water partition coefficient (Wildman–Crippen LogP) is 3.03. The highest BCUT2D eigenvalue weighted by atomic mass is 16.6. The smallest absolute Gasteiger partial charge is 0.410 e. The highest BCUT2D eigenvalue weighted by molar-refractivity contribution is 5.89. The van der Waals surface area contributed by atoms with Gasteiger partial charge in [-0.1, -0.05) is 6.07 Å². The van der Waals surface area contributed by atoms with Crippen LogP contribution in [0.15, 0.2) is 18.2 Å². The number of rotatable bonds is 1. The Balaban J connectivity index is 0.000000640. The standard InChI is InChI=1S/C18H26N4O2.C2H4O2/c1-13-19-16-14(20(13)5)7-6-8-15(16)21-9-11-22(12-10-21)17(23)24-18(2,3)4;1-2(3)4/h6-8H,9-12H2,1-5H3;1H3,(H,3,4). The minimum Gasteiger partial charge on any atom is -0.481 e. The SMILES string of the molecule is CC(=O)O.Cc1nc2c(N3CCN(C(=O)OC(C)(C)C)CC3)cccc2n1C. The molecule has 0 unspecified atom stereocenters. The van der Waals surface area contributed by atoms with Crippen molar-refractivity contribution in [1.29, 1.82) is 0 Å². The van der Waals surface area contributed by atoms with E-state index in [1.165, 1.54) is 0 Å². The number of aliphatic carboxylic acids is 1. The first-order chi connectivity index (χ1) is 13.0. The Morgan fingerprint density at radius 2 is 1.71 bits per heavy atom. The van der Waals surface area contributed by atoms with Gasteiger partial charge in [0, 0.05) is 40.2 Å². The summed E-state index contributed by atoms with van der Waals surface area (Å²) in [5.74, 6) is 0.171. The zero-order valence-corrected chi connectivity index (χ0v) is 17.5. The van der Waals surface area contributed by atoms with Crippen molar-refractivity contribution in [3.8, 4) is 0 Å². The lowest BCUT2D eigenvalue weighted by molar-refractivity contribution is -0.134. The van der Waals surface area contributed by atoms with Gasteiger partial charge in [0.05, 0.1) is 11.2 Å². The summed E-state index contributed by atoms with van der Waals surface area (Å²) in [5.41, 5.74) is 2.86. The molecule has 8 nitrogen and oxygen atoms in total. The van der Waals surface area contributed by atoms with E-state index < -0.39 is 11.6 Å². The van der Waals surface area contributed by atoms with Gasteiger partial charge in [-0.2, -0.15) is 0 Å². The summed E-state index contributed by atoms with van der Waals surface area (Å²) in [4.78, 5) is 30.0. The first kappa shape index (κ1) is 21.5. The van der Waals surface area contributed by atoms with Crippen LogP contribution in [0.1, 0.15) is 33.5 Å². The normalized spacial score (nSPS) is 14.5. The van der Waals surface area contributed by atoms with Crippen LogP contribution in [0.5, 0.6) is 0 Å². The summed E-state index contributed by atoms with van der Waals surface area (Å²) >= 11 is 0. The van der Waals surface area contributed by atoms with E-state index in [-0.39, 0.29) is 6.09 Å². The average molecular weight is 390 g/mol. The zero-order valence-electron chi connectivity index (χ0n) is 17.5. The number of para-hydroxylation sites is 1. The quantitative estimate of drug-likeness (QED) is 0.805. The molecule has 1 amide bonds. The van der Waals surface area contributed by atoms with E-state index in [4.69, 9.17) is 19.6 Å². The number of benzene rings is 1. The Bertz CT molecular complexity index is 842. The van der Waals surface area contributed by atoms with E-state index in [1.807, 2.05) is 34.7 Å². The number of hydrogen-bond acceptors (Lipinski definition) is 5. The van der Waals surface area contributed by atoms with Gasteiger partial charge in [0.2, 0.25) is 0 Å². The Labute approximate surface area is 165 Å². The Kier molecular flexibility index (Phi) is 6.53. The van der Waals surface area contributed by atoms with Gasteiger partial charge in [-0.3, -0.25) is 4.79 Å². The number of fused-ring (bicyclic) bond motifs is 1. The minimum absolute atomic E-state index is 0.228. The molecule has 1 aliphatic heterocycles. The number of amides is 1. The zero-order chi connectivity index (χ0) is 21.1. The second kappa shape index (κ2) is 8.50. The molecular weight excluding hydrogens is 360 g/mol. The third-order valence-electron chi connectivity index (χ3n) is 4.39. The number of nitrogens with zero attached hydrogens (tertiary/aromatic N) is 4. The summed E-state index contributed by atoms with van der Waals surface area (Å²) in [6, 6.07) is 6.27. The number of anilines is 1. The van der Waals surface area contributed by atoms with Crippen molar-refractivity contribution in [3.05, 3.63) is 24.0 Å². The fourth-order valence-electron chi connectivity index (χ4n) is 3.03. The molecule has 1 fully saturated rings. The van der Waals surface area contributed by atoms with Crippen LogP contribution >= 0.6 is 0 Å². The summed E-state index contributed by atoms with van der Waals surface area (Å²) in [6.45, 7) is 11.7. The van der Waals surface area contributed by atoms with Crippen LogP contribution < -0.4 is 4.90 Å². The number of carboxylic acid groups (broad SMARTS) is 1. The molecule has 0 saturated carbocycles. The van der Waals surface area contributed by atoms with E-state index >= 15 is 0 Å². The average Bonchev–Trinajstić information content (AvgIpc) is 2.88. The molecule has 0 radical (unpaired) electrons. The number of carbonyl (C=O) groups is 2. The van der Waals surface area contributed by atoms with Crippen molar-refractivity contribution in [2.75, 3.05) is 31.1 Å². The van der Waals surface area contributed by atoms with Crippen molar-refractivity contribution in [2.24, 2.45) is 7.05 Å². The third kappa shape index (κ3) is 5.37. The van der Waals surface area contributed by atoms with Crippen molar-refractivity contribution < 1.29 is 19.4 Å². The van der Waals surface area contributed by atoms with Gasteiger partial charge in [0.1, 0.15) is 16.9 Å². The molecule has 0 aliphatic carbocycles. The molecule has 0 atom stereocenters. The van der Waals surface area contributed by atoms with Crippen molar-refractivity contribution >= 4 is 28.8 Å². The second-order valence-corrected chi connectivity index (χ2v) is 7.84. The first-order valence-electron chi connectivity index (χ1n) is 9.34. The van der Waals surface area contributed by atoms with E-state index in [0.29, 0.717) is 13.1 Å². The molecule has 1 aliphatic rings. The molecule has 3 rings (SSSR count). The maximum Gasteiger partial charge on any atom is 0.410 e. The maximum absolute atomic E-state index is 12.2. The number of carboxylic acids is 1. The summed E-state index contributed by atoms with van der Waals surface area (Å²) in [7, 11) is 2.04. The molecule has 154 valence electrons. The van der Waals surface area contributed by atoms with Crippen LogP contribution in [0.4, 0.5) is 10.5 Å². The molecule has 2 aromatic rings. The molecule has 2 heterocycles. The maximum atomic E-state index is 12.2. The van der Waals surface area contributed by atoms with Gasteiger partial charge in [-0.05, 0) is 39.8 Å². The van der Waals surface area contributed by atoms with Gasteiger partial charge in [-0.15, -0.1) is 0 Å². The van der Waals surface area contributed by atoms with Crippen molar-refractivity contribution in [3.63, 3.8) is 0 Å². The Hall–Kier alpha value is -2.77. The van der Waals surface area contributed by atoms with E-state index in [9.17, 15) is 4.79 Å². The molecular formula is C20H30N4O4. The molecule has 28 heavy (non-hydrogen) atoms. The van der Waals surface area contributed by atoms with Crippen molar-refractivity contribution in [2.45, 2.75) is 40.2 Å². The van der Waals surface area contributed by atoms with Crippen LogP contribution in [0, 0.1) is 6.92 Å². The summed E-state index contributed by atoms with van der Waals surface area (Å²) in [5, 5.41) is 7.42. The van der Waals surface area contributed by atoms with Crippen LogP contribution in [-0.4, -0.2) is 63.4 Å². The molecule has 1 aromatic carbocycles. The van der Waals surface area contributed by atoms with Crippen LogP contribution in [0.3, 0.4) is 0 Å². The number of hydrogen-bond donors (Lipinski definition) is 1. The second-order valence-electron chi connectivity index (χ2n) is 7.84. The lowest BCUT2D eigenvalue weighted by Crippen LogP contribution is -2.50.